The van der Waals surface area contributed by atoms with E-state index in [1.807, 2.05) is 0 Å². The third-order valence-corrected chi connectivity index (χ3v) is 12.7. The van der Waals surface area contributed by atoms with Crippen LogP contribution in [0.25, 0.3) is 0 Å². The molecule has 0 N–H and O–H groups in total. The van der Waals surface area contributed by atoms with Crippen molar-refractivity contribution in [3.63, 3.8) is 0 Å². The van der Waals surface area contributed by atoms with Crippen LogP contribution in [0.3, 0.4) is 0 Å². The Morgan fingerprint density at radius 2 is 0.532 bits per heavy atom. The van der Waals surface area contributed by atoms with Crippen molar-refractivity contribution in [2.24, 2.45) is 11.8 Å². The van der Waals surface area contributed by atoms with Gasteiger partial charge in [-0.3, -0.25) is 14.4 Å². The Hall–Kier alpha value is -1.59. The lowest BCUT2D eigenvalue weighted by atomic mass is 10.0. The molecule has 0 aromatic heterocycles. The van der Waals surface area contributed by atoms with E-state index < -0.39 is 6.10 Å². The van der Waals surface area contributed by atoms with Gasteiger partial charge in [0.15, 0.2) is 6.10 Å². The molecular weight excluding hydrogens is 769 g/mol. The summed E-state index contributed by atoms with van der Waals surface area (Å²) in [6.45, 7) is 11.4. The fourth-order valence-electron chi connectivity index (χ4n) is 8.52. The van der Waals surface area contributed by atoms with Gasteiger partial charge in [-0.15, -0.1) is 0 Å². The Morgan fingerprint density at radius 3 is 0.790 bits per heavy atom. The van der Waals surface area contributed by atoms with Crippen LogP contribution in [0.1, 0.15) is 311 Å². The van der Waals surface area contributed by atoms with Gasteiger partial charge >= 0.3 is 17.9 Å². The van der Waals surface area contributed by atoms with Gasteiger partial charge < -0.3 is 14.2 Å². The average Bonchev–Trinajstić information content (AvgIpc) is 3.24. The first kappa shape index (κ1) is 60.4. The van der Waals surface area contributed by atoms with Gasteiger partial charge in [-0.05, 0) is 31.1 Å². The highest BCUT2D eigenvalue weighted by molar-refractivity contribution is 5.71. The predicted molar refractivity (Wildman–Crippen MR) is 266 cm³/mol. The maximum Gasteiger partial charge on any atom is 0.306 e. The van der Waals surface area contributed by atoms with Crippen molar-refractivity contribution in [3.8, 4) is 0 Å². The molecule has 0 rings (SSSR count). The first-order chi connectivity index (χ1) is 30.2. The second-order valence-corrected chi connectivity index (χ2v) is 20.2. The SMILES string of the molecule is CCCCCCCCCCCCC(=O)OC[C@@H](COC(=O)CCCCCCCCCCCCCCCCCCC(C)C)OC(=O)CCCCCCCCCCCCCCC(C)C. The zero-order chi connectivity index (χ0) is 45.4. The summed E-state index contributed by atoms with van der Waals surface area (Å²) in [5, 5.41) is 0. The molecule has 62 heavy (non-hydrogen) atoms. The molecular formula is C56H108O6. The summed E-state index contributed by atoms with van der Waals surface area (Å²) in [4.78, 5) is 38.0. The molecule has 6 nitrogen and oxygen atoms in total. The van der Waals surface area contributed by atoms with Crippen LogP contribution < -0.4 is 0 Å². The number of esters is 3. The number of carbonyl (C=O) groups excluding carboxylic acids is 3. The van der Waals surface area contributed by atoms with Gasteiger partial charge in [-0.2, -0.15) is 0 Å². The number of hydrogen-bond donors (Lipinski definition) is 0. The minimum Gasteiger partial charge on any atom is -0.462 e. The molecule has 0 heterocycles. The Morgan fingerprint density at radius 1 is 0.306 bits per heavy atom. The van der Waals surface area contributed by atoms with Crippen LogP contribution in [-0.2, 0) is 28.6 Å². The summed E-state index contributed by atoms with van der Waals surface area (Å²) in [6, 6.07) is 0. The van der Waals surface area contributed by atoms with Crippen LogP contribution in [0.4, 0.5) is 0 Å². The smallest absolute Gasteiger partial charge is 0.306 e. The topological polar surface area (TPSA) is 78.9 Å². The maximum absolute atomic E-state index is 12.8. The van der Waals surface area contributed by atoms with E-state index in [4.69, 9.17) is 14.2 Å². The largest absolute Gasteiger partial charge is 0.462 e. The molecule has 0 aliphatic heterocycles. The average molecular weight is 877 g/mol. The van der Waals surface area contributed by atoms with Crippen LogP contribution in [0.5, 0.6) is 0 Å². The zero-order valence-electron chi connectivity index (χ0n) is 42.5. The molecule has 1 atom stereocenters. The van der Waals surface area contributed by atoms with E-state index in [0.717, 1.165) is 69.6 Å². The molecule has 0 fully saturated rings. The molecule has 0 unspecified atom stereocenters. The number of rotatable bonds is 50. The summed E-state index contributed by atoms with van der Waals surface area (Å²) in [7, 11) is 0. The molecule has 6 heteroatoms. The van der Waals surface area contributed by atoms with Gasteiger partial charge in [0, 0.05) is 19.3 Å². The summed E-state index contributed by atoms with van der Waals surface area (Å²) < 4.78 is 16.8. The van der Waals surface area contributed by atoms with Crippen LogP contribution >= 0.6 is 0 Å². The second kappa shape index (κ2) is 48.9. The lowest BCUT2D eigenvalue weighted by Gasteiger charge is -2.18. The van der Waals surface area contributed by atoms with Crippen molar-refractivity contribution in [2.45, 2.75) is 317 Å². The molecule has 368 valence electrons. The molecule has 0 radical (unpaired) electrons. The minimum atomic E-state index is -0.761. The maximum atomic E-state index is 12.8. The highest BCUT2D eigenvalue weighted by Crippen LogP contribution is 2.18. The van der Waals surface area contributed by atoms with Gasteiger partial charge in [0.25, 0.3) is 0 Å². The van der Waals surface area contributed by atoms with Crippen LogP contribution in [0, 0.1) is 11.8 Å². The quantitative estimate of drug-likeness (QED) is 0.0344. The van der Waals surface area contributed by atoms with E-state index in [1.54, 1.807) is 0 Å². The molecule has 0 spiro atoms. The number of hydrogen-bond acceptors (Lipinski definition) is 6. The number of carbonyl (C=O) groups is 3. The predicted octanol–water partition coefficient (Wildman–Crippen LogP) is 18.1. The van der Waals surface area contributed by atoms with Gasteiger partial charge in [0.1, 0.15) is 13.2 Å². The fourth-order valence-corrected chi connectivity index (χ4v) is 8.52. The summed E-state index contributed by atoms with van der Waals surface area (Å²) in [6.07, 6.45) is 50.9. The molecule has 0 saturated carbocycles. The molecule has 0 aromatic rings. The molecule has 0 saturated heterocycles. The third kappa shape index (κ3) is 49.4. The van der Waals surface area contributed by atoms with E-state index >= 15 is 0 Å². The molecule has 0 amide bonds. The fraction of sp³-hybridized carbons (Fsp3) is 0.946. The highest BCUT2D eigenvalue weighted by Gasteiger charge is 2.19. The first-order valence-corrected chi connectivity index (χ1v) is 27.7. The van der Waals surface area contributed by atoms with Gasteiger partial charge in [0.2, 0.25) is 0 Å². The number of unbranched alkanes of at least 4 members (excludes halogenated alkanes) is 35. The third-order valence-electron chi connectivity index (χ3n) is 12.7. The summed E-state index contributed by atoms with van der Waals surface area (Å²) >= 11 is 0. The van der Waals surface area contributed by atoms with Crippen molar-refractivity contribution in [3.05, 3.63) is 0 Å². The monoisotopic (exact) mass is 877 g/mol. The van der Waals surface area contributed by atoms with Crippen LogP contribution in [0.2, 0.25) is 0 Å². The van der Waals surface area contributed by atoms with E-state index in [1.165, 1.54) is 199 Å². The van der Waals surface area contributed by atoms with Crippen molar-refractivity contribution < 1.29 is 28.6 Å². The summed E-state index contributed by atoms with van der Waals surface area (Å²) in [5.41, 5.74) is 0. The Kier molecular flexibility index (Phi) is 47.6. The molecule has 0 bridgehead atoms. The number of ether oxygens (including phenoxy) is 3. The van der Waals surface area contributed by atoms with Crippen LogP contribution in [0.15, 0.2) is 0 Å². The van der Waals surface area contributed by atoms with Gasteiger partial charge in [-0.1, -0.05) is 272 Å². The van der Waals surface area contributed by atoms with Crippen molar-refractivity contribution >= 4 is 17.9 Å². The second-order valence-electron chi connectivity index (χ2n) is 20.2. The molecule has 0 aliphatic carbocycles. The summed E-state index contributed by atoms with van der Waals surface area (Å²) in [5.74, 6) is 0.841. The van der Waals surface area contributed by atoms with Crippen molar-refractivity contribution in [1.82, 2.24) is 0 Å². The van der Waals surface area contributed by atoms with E-state index in [2.05, 4.69) is 34.6 Å². The van der Waals surface area contributed by atoms with Crippen molar-refractivity contribution in [2.75, 3.05) is 13.2 Å². The standard InChI is InChI=1S/C56H108O6/c1-6-7-8-9-10-11-26-31-36-41-46-54(57)60-49-53(62-56(59)48-43-38-33-28-23-19-18-21-25-30-35-40-45-52(4)5)50-61-55(58)47-42-37-32-27-22-17-15-13-12-14-16-20-24-29-34-39-44-51(2)3/h51-53H,6-50H2,1-5H3/t53-/m0/s1. The van der Waals surface area contributed by atoms with E-state index in [0.29, 0.717) is 19.3 Å². The highest BCUT2D eigenvalue weighted by atomic mass is 16.6. The van der Waals surface area contributed by atoms with Crippen molar-refractivity contribution in [1.29, 1.82) is 0 Å². The lowest BCUT2D eigenvalue weighted by Crippen LogP contribution is -2.30. The Bertz CT molecular complexity index is 947. The Balaban J connectivity index is 4.24. The van der Waals surface area contributed by atoms with Crippen LogP contribution in [-0.4, -0.2) is 37.2 Å². The lowest BCUT2D eigenvalue weighted by molar-refractivity contribution is -0.167. The van der Waals surface area contributed by atoms with Gasteiger partial charge in [-0.25, -0.2) is 0 Å². The molecule has 0 aliphatic rings. The minimum absolute atomic E-state index is 0.0630. The van der Waals surface area contributed by atoms with E-state index in [-0.39, 0.29) is 31.1 Å². The normalized spacial score (nSPS) is 12.0. The zero-order valence-corrected chi connectivity index (χ0v) is 42.5. The molecule has 0 aromatic carbocycles. The van der Waals surface area contributed by atoms with Gasteiger partial charge in [0.05, 0.1) is 0 Å². The first-order valence-electron chi connectivity index (χ1n) is 27.7. The Labute approximate surface area is 387 Å². The van der Waals surface area contributed by atoms with E-state index in [9.17, 15) is 14.4 Å².